The number of aliphatic carboxylic acids is 1. The van der Waals surface area contributed by atoms with Crippen molar-refractivity contribution in [3.05, 3.63) is 11.6 Å². The van der Waals surface area contributed by atoms with Gasteiger partial charge in [0.05, 0.1) is 0 Å². The van der Waals surface area contributed by atoms with E-state index in [0.717, 1.165) is 0 Å². The van der Waals surface area contributed by atoms with E-state index < -0.39 is 29.9 Å². The molecule has 0 saturated heterocycles. The summed E-state index contributed by atoms with van der Waals surface area (Å²) in [6, 6.07) is 0. The quantitative estimate of drug-likeness (QED) is 0.633. The molecule has 0 saturated carbocycles. The SMILES string of the molecule is C/C(=C\C(=O)O)C(F)(OC(F)(F)F)C(F)(F)F. The molecule has 0 bridgehead atoms. The second kappa shape index (κ2) is 4.51. The summed E-state index contributed by atoms with van der Waals surface area (Å²) in [5.74, 6) is -7.27. The van der Waals surface area contributed by atoms with E-state index in [-0.39, 0.29) is 13.0 Å². The predicted molar refractivity (Wildman–Crippen MR) is 38.4 cm³/mol. The summed E-state index contributed by atoms with van der Waals surface area (Å²) >= 11 is 0. The molecule has 17 heavy (non-hydrogen) atoms. The second-order valence-corrected chi connectivity index (χ2v) is 2.81. The average Bonchev–Trinajstić information content (AvgIpc) is 1.96. The van der Waals surface area contributed by atoms with Gasteiger partial charge in [-0.05, 0) is 6.92 Å². The summed E-state index contributed by atoms with van der Waals surface area (Å²) in [6.07, 6.45) is -12.4. The molecule has 0 aliphatic heterocycles. The largest absolute Gasteiger partial charge is 0.525 e. The lowest BCUT2D eigenvalue weighted by molar-refractivity contribution is -0.435. The van der Waals surface area contributed by atoms with E-state index in [0.29, 0.717) is 0 Å². The molecule has 0 aromatic carbocycles. The van der Waals surface area contributed by atoms with E-state index in [1.807, 2.05) is 0 Å². The smallest absolute Gasteiger partial charge is 0.478 e. The lowest BCUT2D eigenvalue weighted by atomic mass is 10.1. The molecule has 1 atom stereocenters. The Labute approximate surface area is 89.5 Å². The van der Waals surface area contributed by atoms with E-state index in [1.165, 1.54) is 0 Å². The van der Waals surface area contributed by atoms with Crippen molar-refractivity contribution in [3.8, 4) is 0 Å². The van der Waals surface area contributed by atoms with Gasteiger partial charge in [-0.15, -0.1) is 13.2 Å². The molecule has 0 aliphatic rings. The zero-order valence-corrected chi connectivity index (χ0v) is 7.99. The predicted octanol–water partition coefficient (Wildman–Crippen LogP) is 2.78. The molecule has 0 rings (SSSR count). The molecule has 100 valence electrons. The van der Waals surface area contributed by atoms with Crippen LogP contribution in [0.15, 0.2) is 11.6 Å². The van der Waals surface area contributed by atoms with Crippen LogP contribution in [0.5, 0.6) is 0 Å². The number of hydrogen-bond donors (Lipinski definition) is 1. The van der Waals surface area contributed by atoms with E-state index in [4.69, 9.17) is 5.11 Å². The standard InChI is InChI=1S/C7H5F7O3/c1-3(2-4(15)16)5(8,6(9,10)11)17-7(12,13)14/h2H,1H3,(H,15,16)/b3-2+. The lowest BCUT2D eigenvalue weighted by Crippen LogP contribution is -2.48. The van der Waals surface area contributed by atoms with Crippen LogP contribution < -0.4 is 0 Å². The molecule has 0 aromatic rings. The molecule has 1 unspecified atom stereocenters. The zero-order chi connectivity index (χ0) is 14.1. The highest BCUT2D eigenvalue weighted by atomic mass is 19.4. The molecule has 3 nitrogen and oxygen atoms in total. The van der Waals surface area contributed by atoms with E-state index >= 15 is 0 Å². The lowest BCUT2D eigenvalue weighted by Gasteiger charge is -2.28. The molecule has 0 aromatic heterocycles. The van der Waals surface area contributed by atoms with Crippen LogP contribution in [-0.4, -0.2) is 29.5 Å². The Hall–Kier alpha value is -1.32. The molecule has 10 heteroatoms. The number of alkyl halides is 7. The van der Waals surface area contributed by atoms with Gasteiger partial charge in [0, 0.05) is 11.6 Å². The van der Waals surface area contributed by atoms with Crippen LogP contribution >= 0.6 is 0 Å². The number of halogens is 7. The minimum Gasteiger partial charge on any atom is -0.478 e. The monoisotopic (exact) mass is 270 g/mol. The molecule has 0 amide bonds. The van der Waals surface area contributed by atoms with Crippen LogP contribution in [0.4, 0.5) is 30.7 Å². The first-order chi connectivity index (χ1) is 7.29. The Morgan fingerprint density at radius 1 is 1.12 bits per heavy atom. The first-order valence-electron chi connectivity index (χ1n) is 3.74. The van der Waals surface area contributed by atoms with Gasteiger partial charge in [0.1, 0.15) is 0 Å². The molecule has 0 spiro atoms. The number of carbonyl (C=O) groups is 1. The molecular formula is C7H5F7O3. The van der Waals surface area contributed by atoms with Crippen LogP contribution in [0.3, 0.4) is 0 Å². The highest BCUT2D eigenvalue weighted by Crippen LogP contribution is 2.44. The number of rotatable bonds is 3. The molecule has 0 radical (unpaired) electrons. The third kappa shape index (κ3) is 4.21. The Balaban J connectivity index is 5.50. The van der Waals surface area contributed by atoms with Gasteiger partial charge >= 0.3 is 24.4 Å². The van der Waals surface area contributed by atoms with Gasteiger partial charge in [-0.1, -0.05) is 0 Å². The minimum atomic E-state index is -6.07. The maximum atomic E-state index is 13.1. The normalized spacial score (nSPS) is 17.8. The van der Waals surface area contributed by atoms with Crippen LogP contribution in [0.2, 0.25) is 0 Å². The van der Waals surface area contributed by atoms with Gasteiger partial charge in [0.2, 0.25) is 0 Å². The average molecular weight is 270 g/mol. The first kappa shape index (κ1) is 15.7. The number of carboxylic acid groups (broad SMARTS) is 1. The van der Waals surface area contributed by atoms with Crippen molar-refractivity contribution in [2.75, 3.05) is 0 Å². The minimum absolute atomic E-state index is 0.216. The highest BCUT2D eigenvalue weighted by molar-refractivity contribution is 5.80. The van der Waals surface area contributed by atoms with Gasteiger partial charge in [0.15, 0.2) is 0 Å². The number of carboxylic acids is 1. The Morgan fingerprint density at radius 3 is 1.76 bits per heavy atom. The third-order valence-electron chi connectivity index (χ3n) is 1.47. The summed E-state index contributed by atoms with van der Waals surface area (Å²) in [4.78, 5) is 10.0. The van der Waals surface area contributed by atoms with Crippen LogP contribution in [0.1, 0.15) is 6.92 Å². The van der Waals surface area contributed by atoms with E-state index in [1.54, 1.807) is 0 Å². The van der Waals surface area contributed by atoms with Crippen LogP contribution in [-0.2, 0) is 9.53 Å². The van der Waals surface area contributed by atoms with Crippen molar-refractivity contribution in [3.63, 3.8) is 0 Å². The molecule has 1 N–H and O–H groups in total. The molecular weight excluding hydrogens is 265 g/mol. The van der Waals surface area contributed by atoms with E-state index in [9.17, 15) is 35.5 Å². The van der Waals surface area contributed by atoms with Crippen LogP contribution in [0.25, 0.3) is 0 Å². The summed E-state index contributed by atoms with van der Waals surface area (Å²) < 4.78 is 86.7. The van der Waals surface area contributed by atoms with Crippen molar-refractivity contribution < 1.29 is 45.4 Å². The fourth-order valence-corrected chi connectivity index (χ4v) is 0.799. The van der Waals surface area contributed by atoms with E-state index in [2.05, 4.69) is 4.74 Å². The van der Waals surface area contributed by atoms with Crippen molar-refractivity contribution in [1.29, 1.82) is 0 Å². The highest BCUT2D eigenvalue weighted by Gasteiger charge is 2.63. The Kier molecular flexibility index (Phi) is 4.16. The fourth-order valence-electron chi connectivity index (χ4n) is 0.799. The third-order valence-corrected chi connectivity index (χ3v) is 1.47. The molecule has 0 aliphatic carbocycles. The van der Waals surface area contributed by atoms with Crippen molar-refractivity contribution >= 4 is 5.97 Å². The maximum absolute atomic E-state index is 13.1. The zero-order valence-electron chi connectivity index (χ0n) is 7.99. The summed E-state index contributed by atoms with van der Waals surface area (Å²) in [5, 5.41) is 8.06. The topological polar surface area (TPSA) is 46.5 Å². The van der Waals surface area contributed by atoms with Crippen LogP contribution in [0, 0.1) is 0 Å². The van der Waals surface area contributed by atoms with Crippen molar-refractivity contribution in [2.45, 2.75) is 25.3 Å². The first-order valence-corrected chi connectivity index (χ1v) is 3.74. The molecule has 0 fully saturated rings. The number of ether oxygens (including phenoxy) is 1. The Bertz CT molecular complexity index is 329. The summed E-state index contributed by atoms with van der Waals surface area (Å²) in [7, 11) is 0. The number of hydrogen-bond acceptors (Lipinski definition) is 2. The maximum Gasteiger partial charge on any atom is 0.525 e. The summed E-state index contributed by atoms with van der Waals surface area (Å²) in [6.45, 7) is 0.216. The van der Waals surface area contributed by atoms with Gasteiger partial charge < -0.3 is 5.11 Å². The fraction of sp³-hybridized carbons (Fsp3) is 0.571. The molecule has 0 heterocycles. The van der Waals surface area contributed by atoms with Gasteiger partial charge in [-0.3, -0.25) is 0 Å². The van der Waals surface area contributed by atoms with Crippen molar-refractivity contribution in [2.24, 2.45) is 0 Å². The second-order valence-electron chi connectivity index (χ2n) is 2.81. The van der Waals surface area contributed by atoms with Gasteiger partial charge in [0.25, 0.3) is 0 Å². The van der Waals surface area contributed by atoms with Gasteiger partial charge in [-0.2, -0.15) is 17.6 Å². The Morgan fingerprint density at radius 2 is 1.53 bits per heavy atom. The van der Waals surface area contributed by atoms with Gasteiger partial charge in [-0.25, -0.2) is 9.53 Å². The summed E-state index contributed by atoms with van der Waals surface area (Å²) in [5.41, 5.74) is -1.78. The van der Waals surface area contributed by atoms with Crippen molar-refractivity contribution in [1.82, 2.24) is 0 Å².